The van der Waals surface area contributed by atoms with Crippen LogP contribution >= 0.6 is 0 Å². The fraction of sp³-hybridized carbons (Fsp3) is 0.286. The number of nitrogens with one attached hydrogen (secondary N) is 2. The molecule has 0 bridgehead atoms. The van der Waals surface area contributed by atoms with Gasteiger partial charge in [-0.2, -0.15) is 5.10 Å². The van der Waals surface area contributed by atoms with E-state index in [0.29, 0.717) is 23.8 Å². The second-order valence-corrected chi connectivity index (χ2v) is 4.67. The first-order valence-electron chi connectivity index (χ1n) is 6.18. The number of carbonyl (C=O) groups is 1. The smallest absolute Gasteiger partial charge is 0.255 e. The molecule has 2 rings (SSSR count). The number of aromatic nitrogens is 2. The highest BCUT2D eigenvalue weighted by Gasteiger charge is 2.06. The summed E-state index contributed by atoms with van der Waals surface area (Å²) in [6.45, 7) is 4.85. The van der Waals surface area contributed by atoms with E-state index in [9.17, 15) is 4.79 Å². The zero-order valence-electron chi connectivity index (χ0n) is 11.0. The number of anilines is 1. The van der Waals surface area contributed by atoms with Gasteiger partial charge in [0.2, 0.25) is 0 Å². The molecule has 0 saturated carbocycles. The van der Waals surface area contributed by atoms with Crippen LogP contribution in [0.15, 0.2) is 36.7 Å². The first kappa shape index (κ1) is 13.1. The normalized spacial score (nSPS) is 10.5. The molecule has 0 aliphatic rings. The molecule has 1 amide bonds. The van der Waals surface area contributed by atoms with Crippen LogP contribution in [-0.4, -0.2) is 22.7 Å². The van der Waals surface area contributed by atoms with Gasteiger partial charge in [0.1, 0.15) is 5.75 Å². The van der Waals surface area contributed by atoms with E-state index in [1.807, 2.05) is 0 Å². The Morgan fingerprint density at radius 3 is 2.68 bits per heavy atom. The molecular weight excluding hydrogens is 242 g/mol. The summed E-state index contributed by atoms with van der Waals surface area (Å²) in [5, 5.41) is 9.14. The molecule has 0 radical (unpaired) electrons. The van der Waals surface area contributed by atoms with Crippen molar-refractivity contribution in [1.29, 1.82) is 0 Å². The van der Waals surface area contributed by atoms with E-state index in [2.05, 4.69) is 29.4 Å². The molecule has 0 saturated heterocycles. The molecule has 1 aromatic carbocycles. The number of H-pyrrole nitrogens is 1. The number of hydrogen-bond donors (Lipinski definition) is 2. The first-order valence-corrected chi connectivity index (χ1v) is 6.18. The van der Waals surface area contributed by atoms with Crippen molar-refractivity contribution in [3.63, 3.8) is 0 Å². The molecule has 2 aromatic rings. The van der Waals surface area contributed by atoms with Gasteiger partial charge >= 0.3 is 0 Å². The number of benzene rings is 1. The van der Waals surface area contributed by atoms with Crippen LogP contribution in [0.4, 0.5) is 5.69 Å². The van der Waals surface area contributed by atoms with Gasteiger partial charge in [0.15, 0.2) is 0 Å². The van der Waals surface area contributed by atoms with Gasteiger partial charge in [0.25, 0.3) is 5.91 Å². The van der Waals surface area contributed by atoms with Gasteiger partial charge in [0.05, 0.1) is 18.5 Å². The minimum absolute atomic E-state index is 0.170. The van der Waals surface area contributed by atoms with E-state index in [0.717, 1.165) is 5.75 Å². The first-order chi connectivity index (χ1) is 9.15. The zero-order chi connectivity index (χ0) is 13.7. The van der Waals surface area contributed by atoms with Gasteiger partial charge in [0, 0.05) is 11.8 Å². The van der Waals surface area contributed by atoms with Gasteiger partial charge in [-0.3, -0.25) is 9.89 Å². The summed E-state index contributed by atoms with van der Waals surface area (Å²) in [5.74, 6) is 1.08. The van der Waals surface area contributed by atoms with Crippen molar-refractivity contribution in [2.75, 3.05) is 11.9 Å². The summed E-state index contributed by atoms with van der Waals surface area (Å²) in [4.78, 5) is 11.9. The van der Waals surface area contributed by atoms with Crippen LogP contribution in [0.25, 0.3) is 0 Å². The molecule has 19 heavy (non-hydrogen) atoms. The van der Waals surface area contributed by atoms with Crippen molar-refractivity contribution in [3.05, 3.63) is 42.2 Å². The molecule has 2 N–H and O–H groups in total. The molecule has 0 spiro atoms. The molecule has 5 nitrogen and oxygen atoms in total. The van der Waals surface area contributed by atoms with Crippen LogP contribution < -0.4 is 10.1 Å². The number of hydrogen-bond acceptors (Lipinski definition) is 3. The number of carbonyl (C=O) groups excluding carboxylic acids is 1. The topological polar surface area (TPSA) is 67.0 Å². The Hall–Kier alpha value is -2.30. The third kappa shape index (κ3) is 3.84. The lowest BCUT2D eigenvalue weighted by molar-refractivity contribution is 0.102. The lowest BCUT2D eigenvalue weighted by atomic mass is 10.2. The van der Waals surface area contributed by atoms with Gasteiger partial charge in [-0.05, 0) is 30.2 Å². The fourth-order valence-electron chi connectivity index (χ4n) is 1.49. The largest absolute Gasteiger partial charge is 0.493 e. The Bertz CT molecular complexity index is 518. The average molecular weight is 259 g/mol. The zero-order valence-corrected chi connectivity index (χ0v) is 11.0. The van der Waals surface area contributed by atoms with E-state index in [-0.39, 0.29) is 5.91 Å². The predicted octanol–water partition coefficient (Wildman–Crippen LogP) is 2.70. The second-order valence-electron chi connectivity index (χ2n) is 4.67. The van der Waals surface area contributed by atoms with Crippen LogP contribution in [0.2, 0.25) is 0 Å². The molecule has 0 fully saturated rings. The number of rotatable bonds is 5. The van der Waals surface area contributed by atoms with E-state index >= 15 is 0 Å². The van der Waals surface area contributed by atoms with Crippen LogP contribution in [-0.2, 0) is 0 Å². The maximum atomic E-state index is 11.9. The SMILES string of the molecule is CC(C)COc1ccc(C(=O)Nc2cn[nH]c2)cc1. The third-order valence-corrected chi connectivity index (χ3v) is 2.46. The Balaban J connectivity index is 1.96. The van der Waals surface area contributed by atoms with E-state index in [4.69, 9.17) is 4.74 Å². The van der Waals surface area contributed by atoms with Gasteiger partial charge < -0.3 is 10.1 Å². The lowest BCUT2D eigenvalue weighted by Crippen LogP contribution is -2.11. The van der Waals surface area contributed by atoms with Crippen LogP contribution in [0.1, 0.15) is 24.2 Å². The molecular formula is C14H17N3O2. The van der Waals surface area contributed by atoms with Crippen LogP contribution in [0, 0.1) is 5.92 Å². The molecule has 0 aliphatic carbocycles. The van der Waals surface area contributed by atoms with Crippen molar-refractivity contribution in [2.45, 2.75) is 13.8 Å². The second kappa shape index (κ2) is 6.04. The quantitative estimate of drug-likeness (QED) is 0.867. The van der Waals surface area contributed by atoms with Crippen LogP contribution in [0.3, 0.4) is 0 Å². The molecule has 0 unspecified atom stereocenters. The summed E-state index contributed by atoms with van der Waals surface area (Å²) in [6.07, 6.45) is 3.18. The summed E-state index contributed by atoms with van der Waals surface area (Å²) in [7, 11) is 0. The predicted molar refractivity (Wildman–Crippen MR) is 73.3 cm³/mol. The Labute approximate surface area is 112 Å². The number of nitrogens with zero attached hydrogens (tertiary/aromatic N) is 1. The number of aromatic amines is 1. The highest BCUT2D eigenvalue weighted by Crippen LogP contribution is 2.14. The maximum Gasteiger partial charge on any atom is 0.255 e. The summed E-state index contributed by atoms with van der Waals surface area (Å²) in [6, 6.07) is 7.08. The Kier molecular flexibility index (Phi) is 4.18. The van der Waals surface area contributed by atoms with E-state index in [1.54, 1.807) is 36.7 Å². The van der Waals surface area contributed by atoms with Gasteiger partial charge in [-0.25, -0.2) is 0 Å². The van der Waals surface area contributed by atoms with Crippen molar-refractivity contribution in [3.8, 4) is 5.75 Å². The standard InChI is InChI=1S/C14H17N3O2/c1-10(2)9-19-13-5-3-11(4-6-13)14(18)17-12-7-15-16-8-12/h3-8,10H,9H2,1-2H3,(H,15,16)(H,17,18). The average Bonchev–Trinajstić information content (AvgIpc) is 2.89. The molecule has 0 aliphatic heterocycles. The Morgan fingerprint density at radius 1 is 1.37 bits per heavy atom. The summed E-state index contributed by atoms with van der Waals surface area (Å²) < 4.78 is 5.56. The Morgan fingerprint density at radius 2 is 2.11 bits per heavy atom. The minimum atomic E-state index is -0.170. The lowest BCUT2D eigenvalue weighted by Gasteiger charge is -2.09. The van der Waals surface area contributed by atoms with Crippen LogP contribution in [0.5, 0.6) is 5.75 Å². The monoisotopic (exact) mass is 259 g/mol. The number of amides is 1. The van der Waals surface area contributed by atoms with Gasteiger partial charge in [-0.1, -0.05) is 13.8 Å². The number of ether oxygens (including phenoxy) is 1. The van der Waals surface area contributed by atoms with Crippen molar-refractivity contribution >= 4 is 11.6 Å². The maximum absolute atomic E-state index is 11.9. The molecule has 100 valence electrons. The third-order valence-electron chi connectivity index (χ3n) is 2.46. The fourth-order valence-corrected chi connectivity index (χ4v) is 1.49. The highest BCUT2D eigenvalue weighted by atomic mass is 16.5. The molecule has 1 aromatic heterocycles. The molecule has 1 heterocycles. The minimum Gasteiger partial charge on any atom is -0.493 e. The molecule has 5 heteroatoms. The van der Waals surface area contributed by atoms with E-state index in [1.165, 1.54) is 0 Å². The van der Waals surface area contributed by atoms with Gasteiger partial charge in [-0.15, -0.1) is 0 Å². The van der Waals surface area contributed by atoms with Crippen molar-refractivity contribution in [1.82, 2.24) is 10.2 Å². The molecule has 0 atom stereocenters. The highest BCUT2D eigenvalue weighted by molar-refractivity contribution is 6.04. The van der Waals surface area contributed by atoms with E-state index < -0.39 is 0 Å². The summed E-state index contributed by atoms with van der Waals surface area (Å²) >= 11 is 0. The van der Waals surface area contributed by atoms with Crippen molar-refractivity contribution in [2.24, 2.45) is 5.92 Å². The summed E-state index contributed by atoms with van der Waals surface area (Å²) in [5.41, 5.74) is 1.23. The van der Waals surface area contributed by atoms with Crippen molar-refractivity contribution < 1.29 is 9.53 Å².